The van der Waals surface area contributed by atoms with Crippen molar-refractivity contribution < 1.29 is 14.0 Å². The van der Waals surface area contributed by atoms with Gasteiger partial charge in [0, 0.05) is 44.5 Å². The van der Waals surface area contributed by atoms with Gasteiger partial charge < -0.3 is 9.80 Å². The maximum absolute atomic E-state index is 13.9. The Labute approximate surface area is 174 Å². The second kappa shape index (κ2) is 8.63. The fourth-order valence-electron chi connectivity index (χ4n) is 4.36. The smallest absolute Gasteiger partial charge is 0.236 e. The van der Waals surface area contributed by atoms with Gasteiger partial charge in [-0.25, -0.2) is 4.39 Å². The molecule has 0 aliphatic carbocycles. The van der Waals surface area contributed by atoms with Crippen LogP contribution in [0.25, 0.3) is 0 Å². The normalized spacial score (nSPS) is 20.3. The summed E-state index contributed by atoms with van der Waals surface area (Å²) in [5.74, 6) is -0.116. The Kier molecular flexibility index (Phi) is 5.96. The van der Waals surface area contributed by atoms with Gasteiger partial charge in [-0.05, 0) is 47.5 Å². The minimum atomic E-state index is -0.257. The van der Waals surface area contributed by atoms with Crippen molar-refractivity contribution in [2.45, 2.75) is 25.8 Å². The summed E-state index contributed by atoms with van der Waals surface area (Å²) in [5, 5.41) is 2.08. The van der Waals surface area contributed by atoms with Crippen molar-refractivity contribution >= 4 is 23.2 Å². The van der Waals surface area contributed by atoms with Gasteiger partial charge in [0.2, 0.25) is 11.8 Å². The maximum atomic E-state index is 13.9. The predicted molar refractivity (Wildman–Crippen MR) is 111 cm³/mol. The van der Waals surface area contributed by atoms with Gasteiger partial charge in [0.1, 0.15) is 5.82 Å². The van der Waals surface area contributed by atoms with Crippen molar-refractivity contribution in [3.8, 4) is 0 Å². The molecule has 1 aromatic carbocycles. The van der Waals surface area contributed by atoms with Crippen LogP contribution in [0, 0.1) is 5.82 Å². The number of benzene rings is 1. The van der Waals surface area contributed by atoms with Gasteiger partial charge in [-0.15, -0.1) is 11.3 Å². The van der Waals surface area contributed by atoms with Gasteiger partial charge >= 0.3 is 0 Å². The molecule has 5 nitrogen and oxygen atoms in total. The van der Waals surface area contributed by atoms with Gasteiger partial charge in [0.05, 0.1) is 12.6 Å². The number of carbonyl (C=O) groups is 2. The molecule has 1 aromatic heterocycles. The average Bonchev–Trinajstić information content (AvgIpc) is 3.02. The lowest BCUT2D eigenvalue weighted by Crippen LogP contribution is -2.45. The summed E-state index contributed by atoms with van der Waals surface area (Å²) in [5.41, 5.74) is 2.06. The zero-order chi connectivity index (χ0) is 20.4. The van der Waals surface area contributed by atoms with E-state index in [1.54, 1.807) is 35.3 Å². The Balaban J connectivity index is 1.52. The Morgan fingerprint density at radius 3 is 2.69 bits per heavy atom. The van der Waals surface area contributed by atoms with Crippen LogP contribution in [0.4, 0.5) is 4.39 Å². The van der Waals surface area contributed by atoms with Crippen LogP contribution in [0.15, 0.2) is 35.7 Å². The Hall–Kier alpha value is -2.25. The quantitative estimate of drug-likeness (QED) is 0.774. The van der Waals surface area contributed by atoms with E-state index in [9.17, 15) is 14.0 Å². The SMILES string of the molecule is CC(=O)N1CCCN(C(=O)CN2CCc3sccc3C2c2cccc(F)c2)CC1. The molecule has 0 saturated carbocycles. The van der Waals surface area contributed by atoms with Crippen molar-refractivity contribution in [3.63, 3.8) is 0 Å². The number of nitrogens with zero attached hydrogens (tertiary/aromatic N) is 3. The highest BCUT2D eigenvalue weighted by Crippen LogP contribution is 2.37. The number of hydrogen-bond donors (Lipinski definition) is 0. The molecule has 2 aliphatic heterocycles. The van der Waals surface area contributed by atoms with Gasteiger partial charge in [-0.1, -0.05) is 12.1 Å². The standard InChI is InChI=1S/C22H26FN3O2S/c1-16(27)24-8-3-9-25(12-11-24)21(28)15-26-10-6-20-19(7-13-29-20)22(26)17-4-2-5-18(23)14-17/h2,4-5,7,13-14,22H,3,6,8-12,15H2,1H3. The topological polar surface area (TPSA) is 43.9 Å². The molecule has 1 fully saturated rings. The molecule has 0 spiro atoms. The molecule has 2 aliphatic rings. The van der Waals surface area contributed by atoms with Gasteiger partial charge in [0.25, 0.3) is 0 Å². The molecule has 0 radical (unpaired) electrons. The number of hydrogen-bond acceptors (Lipinski definition) is 4. The van der Waals surface area contributed by atoms with E-state index < -0.39 is 0 Å². The third kappa shape index (κ3) is 4.36. The van der Waals surface area contributed by atoms with E-state index >= 15 is 0 Å². The number of rotatable bonds is 3. The van der Waals surface area contributed by atoms with Crippen molar-refractivity contribution in [2.75, 3.05) is 39.3 Å². The number of amides is 2. The predicted octanol–water partition coefficient (Wildman–Crippen LogP) is 2.92. The van der Waals surface area contributed by atoms with E-state index in [1.165, 1.54) is 16.5 Å². The van der Waals surface area contributed by atoms with E-state index in [0.29, 0.717) is 32.7 Å². The van der Waals surface area contributed by atoms with E-state index in [0.717, 1.165) is 24.9 Å². The molecular weight excluding hydrogens is 389 g/mol. The first-order valence-corrected chi connectivity index (χ1v) is 11.0. The molecule has 0 N–H and O–H groups in total. The van der Waals surface area contributed by atoms with Crippen molar-refractivity contribution in [2.24, 2.45) is 0 Å². The number of fused-ring (bicyclic) bond motifs is 1. The molecule has 3 heterocycles. The monoisotopic (exact) mass is 415 g/mol. The molecule has 0 bridgehead atoms. The third-order valence-electron chi connectivity index (χ3n) is 5.86. The first-order chi connectivity index (χ1) is 14.0. The maximum Gasteiger partial charge on any atom is 0.236 e. The van der Waals surface area contributed by atoms with E-state index in [-0.39, 0.29) is 23.7 Å². The van der Waals surface area contributed by atoms with Crippen LogP contribution in [0.3, 0.4) is 0 Å². The Morgan fingerprint density at radius 2 is 1.90 bits per heavy atom. The summed E-state index contributed by atoms with van der Waals surface area (Å²) in [7, 11) is 0. The van der Waals surface area contributed by atoms with Gasteiger partial charge in [-0.3, -0.25) is 14.5 Å². The van der Waals surface area contributed by atoms with Crippen LogP contribution in [-0.4, -0.2) is 65.8 Å². The lowest BCUT2D eigenvalue weighted by molar-refractivity contribution is -0.134. The molecular formula is C22H26FN3O2S. The van der Waals surface area contributed by atoms with Crippen LogP contribution in [0.1, 0.15) is 35.4 Å². The Bertz CT molecular complexity index is 900. The summed E-state index contributed by atoms with van der Waals surface area (Å²) in [6, 6.07) is 8.69. The molecule has 29 heavy (non-hydrogen) atoms. The first kappa shape index (κ1) is 20.0. The van der Waals surface area contributed by atoms with Crippen molar-refractivity contribution in [3.05, 3.63) is 57.5 Å². The zero-order valence-corrected chi connectivity index (χ0v) is 17.5. The minimum absolute atomic E-state index is 0.0616. The Morgan fingerprint density at radius 1 is 1.10 bits per heavy atom. The molecule has 2 aromatic rings. The van der Waals surface area contributed by atoms with E-state index in [2.05, 4.69) is 16.3 Å². The van der Waals surface area contributed by atoms with Crippen LogP contribution >= 0.6 is 11.3 Å². The molecule has 1 atom stereocenters. The highest BCUT2D eigenvalue weighted by atomic mass is 32.1. The van der Waals surface area contributed by atoms with Crippen molar-refractivity contribution in [1.82, 2.24) is 14.7 Å². The lowest BCUT2D eigenvalue weighted by atomic mass is 9.93. The van der Waals surface area contributed by atoms with E-state index in [4.69, 9.17) is 0 Å². The summed E-state index contributed by atoms with van der Waals surface area (Å²) in [4.78, 5) is 31.9. The molecule has 2 amide bonds. The number of thiophene rings is 1. The second-order valence-corrected chi connectivity index (χ2v) is 8.72. The number of carbonyl (C=O) groups excluding carboxylic acids is 2. The third-order valence-corrected chi connectivity index (χ3v) is 6.86. The van der Waals surface area contributed by atoms with Gasteiger partial charge in [-0.2, -0.15) is 0 Å². The molecule has 1 saturated heterocycles. The van der Waals surface area contributed by atoms with E-state index in [1.807, 2.05) is 11.0 Å². The average molecular weight is 416 g/mol. The van der Waals surface area contributed by atoms with Crippen LogP contribution in [0.5, 0.6) is 0 Å². The summed E-state index contributed by atoms with van der Waals surface area (Å²) < 4.78 is 13.9. The fraction of sp³-hybridized carbons (Fsp3) is 0.455. The molecule has 4 rings (SSSR count). The summed E-state index contributed by atoms with van der Waals surface area (Å²) in [6.45, 7) is 5.18. The first-order valence-electron chi connectivity index (χ1n) is 10.1. The van der Waals surface area contributed by atoms with Crippen LogP contribution < -0.4 is 0 Å². The van der Waals surface area contributed by atoms with Crippen molar-refractivity contribution in [1.29, 1.82) is 0 Å². The highest BCUT2D eigenvalue weighted by molar-refractivity contribution is 7.10. The van der Waals surface area contributed by atoms with Crippen LogP contribution in [0.2, 0.25) is 0 Å². The second-order valence-electron chi connectivity index (χ2n) is 7.72. The van der Waals surface area contributed by atoms with Crippen LogP contribution in [-0.2, 0) is 16.0 Å². The fourth-order valence-corrected chi connectivity index (χ4v) is 5.26. The van der Waals surface area contributed by atoms with Gasteiger partial charge in [0.15, 0.2) is 0 Å². The number of halogens is 1. The summed E-state index contributed by atoms with van der Waals surface area (Å²) >= 11 is 1.73. The summed E-state index contributed by atoms with van der Waals surface area (Å²) in [6.07, 6.45) is 1.71. The zero-order valence-electron chi connectivity index (χ0n) is 16.6. The molecule has 7 heteroatoms. The lowest BCUT2D eigenvalue weighted by Gasteiger charge is -2.37. The minimum Gasteiger partial charge on any atom is -0.341 e. The molecule has 154 valence electrons. The highest BCUT2D eigenvalue weighted by Gasteiger charge is 2.32. The largest absolute Gasteiger partial charge is 0.341 e. The molecule has 1 unspecified atom stereocenters.